The van der Waals surface area contributed by atoms with Crippen LogP contribution in [-0.2, 0) is 16.1 Å². The van der Waals surface area contributed by atoms with Gasteiger partial charge < -0.3 is 14.0 Å². The van der Waals surface area contributed by atoms with E-state index in [1.54, 1.807) is 36.4 Å². The highest BCUT2D eigenvalue weighted by Crippen LogP contribution is 2.30. The summed E-state index contributed by atoms with van der Waals surface area (Å²) in [5, 5.41) is 0.797. The van der Waals surface area contributed by atoms with Gasteiger partial charge in [0.05, 0.1) is 35.0 Å². The molecule has 0 aliphatic heterocycles. The normalized spacial score (nSPS) is 11.6. The summed E-state index contributed by atoms with van der Waals surface area (Å²) in [6.45, 7) is -0.143. The Morgan fingerprint density at radius 1 is 1.19 bits per heavy atom. The SMILES string of the molecule is COC(=O)Cn1c(=NC(=O)c2ccccc2OC)sc2cc(Cl)cc(Cl)c21. The summed E-state index contributed by atoms with van der Waals surface area (Å²) >= 11 is 13.6. The van der Waals surface area contributed by atoms with Gasteiger partial charge in [-0.1, -0.05) is 46.7 Å². The van der Waals surface area contributed by atoms with Crippen LogP contribution in [0.2, 0.25) is 10.0 Å². The third-order valence-electron chi connectivity index (χ3n) is 3.74. The molecule has 0 atom stereocenters. The Hall–Kier alpha value is -2.35. The average Bonchev–Trinajstić information content (AvgIpc) is 2.98. The van der Waals surface area contributed by atoms with E-state index in [0.717, 1.165) is 0 Å². The van der Waals surface area contributed by atoms with Gasteiger partial charge >= 0.3 is 5.97 Å². The molecule has 3 aromatic rings. The fraction of sp³-hybridized carbons (Fsp3) is 0.167. The number of amides is 1. The number of carbonyl (C=O) groups is 2. The van der Waals surface area contributed by atoms with Gasteiger partial charge in [-0.05, 0) is 24.3 Å². The third-order valence-corrected chi connectivity index (χ3v) is 5.28. The van der Waals surface area contributed by atoms with E-state index in [1.165, 1.54) is 30.1 Å². The van der Waals surface area contributed by atoms with E-state index in [0.29, 0.717) is 36.4 Å². The molecule has 0 spiro atoms. The number of carbonyl (C=O) groups excluding carboxylic acids is 2. The fourth-order valence-corrected chi connectivity index (χ4v) is 4.33. The largest absolute Gasteiger partial charge is 0.496 e. The maximum Gasteiger partial charge on any atom is 0.325 e. The smallest absolute Gasteiger partial charge is 0.325 e. The van der Waals surface area contributed by atoms with Gasteiger partial charge in [-0.15, -0.1) is 0 Å². The van der Waals surface area contributed by atoms with Crippen LogP contribution in [0.1, 0.15) is 10.4 Å². The maximum atomic E-state index is 12.7. The zero-order valence-electron chi connectivity index (χ0n) is 14.4. The molecule has 0 aliphatic carbocycles. The van der Waals surface area contributed by atoms with Crippen LogP contribution in [0.25, 0.3) is 10.2 Å². The highest BCUT2D eigenvalue weighted by atomic mass is 35.5. The predicted octanol–water partition coefficient (Wildman–Crippen LogP) is 3.93. The Morgan fingerprint density at radius 3 is 2.63 bits per heavy atom. The summed E-state index contributed by atoms with van der Waals surface area (Å²) in [7, 11) is 2.76. The summed E-state index contributed by atoms with van der Waals surface area (Å²) in [5.41, 5.74) is 0.870. The summed E-state index contributed by atoms with van der Waals surface area (Å²) in [6, 6.07) is 10.0. The molecule has 9 heteroatoms. The number of methoxy groups -OCH3 is 2. The van der Waals surface area contributed by atoms with Crippen molar-refractivity contribution >= 4 is 56.6 Å². The lowest BCUT2D eigenvalue weighted by Gasteiger charge is -2.06. The monoisotopic (exact) mass is 424 g/mol. The van der Waals surface area contributed by atoms with Crippen molar-refractivity contribution in [3.8, 4) is 5.75 Å². The predicted molar refractivity (Wildman–Crippen MR) is 105 cm³/mol. The zero-order chi connectivity index (χ0) is 19.6. The van der Waals surface area contributed by atoms with Gasteiger partial charge in [0.25, 0.3) is 5.91 Å². The van der Waals surface area contributed by atoms with E-state index < -0.39 is 11.9 Å². The molecule has 2 aromatic carbocycles. The number of benzene rings is 2. The van der Waals surface area contributed by atoms with Crippen molar-refractivity contribution in [2.75, 3.05) is 14.2 Å². The van der Waals surface area contributed by atoms with Crippen LogP contribution >= 0.6 is 34.5 Å². The molecule has 0 N–H and O–H groups in total. The number of nitrogens with zero attached hydrogens (tertiary/aromatic N) is 2. The molecule has 0 bridgehead atoms. The second-order valence-electron chi connectivity index (χ2n) is 5.40. The highest BCUT2D eigenvalue weighted by Gasteiger charge is 2.17. The van der Waals surface area contributed by atoms with Crippen LogP contribution in [0.4, 0.5) is 0 Å². The number of hydrogen-bond acceptors (Lipinski definition) is 5. The molecular weight excluding hydrogens is 411 g/mol. The van der Waals surface area contributed by atoms with E-state index in [1.807, 2.05) is 0 Å². The van der Waals surface area contributed by atoms with Crippen molar-refractivity contribution in [2.24, 2.45) is 4.99 Å². The minimum atomic E-state index is -0.500. The lowest BCUT2D eigenvalue weighted by molar-refractivity contribution is -0.141. The van der Waals surface area contributed by atoms with E-state index in [9.17, 15) is 9.59 Å². The Morgan fingerprint density at radius 2 is 1.93 bits per heavy atom. The van der Waals surface area contributed by atoms with Crippen molar-refractivity contribution < 1.29 is 19.1 Å². The minimum absolute atomic E-state index is 0.143. The van der Waals surface area contributed by atoms with Crippen molar-refractivity contribution in [2.45, 2.75) is 6.54 Å². The van der Waals surface area contributed by atoms with Crippen molar-refractivity contribution in [3.63, 3.8) is 0 Å². The van der Waals surface area contributed by atoms with E-state index in [-0.39, 0.29) is 6.54 Å². The van der Waals surface area contributed by atoms with Crippen LogP contribution in [0.5, 0.6) is 5.75 Å². The molecule has 140 valence electrons. The van der Waals surface area contributed by atoms with Gasteiger partial charge in [0.2, 0.25) is 0 Å². The lowest BCUT2D eigenvalue weighted by Crippen LogP contribution is -2.22. The number of ether oxygens (including phenoxy) is 2. The van der Waals surface area contributed by atoms with E-state index >= 15 is 0 Å². The van der Waals surface area contributed by atoms with Crippen LogP contribution in [0, 0.1) is 0 Å². The molecule has 3 rings (SSSR count). The number of hydrogen-bond donors (Lipinski definition) is 0. The topological polar surface area (TPSA) is 69.9 Å². The molecule has 0 saturated heterocycles. The molecule has 0 aliphatic rings. The van der Waals surface area contributed by atoms with Crippen LogP contribution in [0.15, 0.2) is 41.4 Å². The Balaban J connectivity index is 2.22. The molecule has 0 fully saturated rings. The average molecular weight is 425 g/mol. The summed E-state index contributed by atoms with van der Waals surface area (Å²) in [5.74, 6) is -0.584. The van der Waals surface area contributed by atoms with Crippen molar-refractivity contribution in [3.05, 3.63) is 56.8 Å². The van der Waals surface area contributed by atoms with Gasteiger partial charge in [-0.2, -0.15) is 4.99 Å². The number of thiazole rings is 1. The molecule has 0 radical (unpaired) electrons. The first-order chi connectivity index (χ1) is 12.9. The van der Waals surface area contributed by atoms with Crippen LogP contribution < -0.4 is 9.54 Å². The number of para-hydroxylation sites is 1. The molecular formula is C18H14Cl2N2O4S. The number of esters is 1. The molecule has 0 saturated carbocycles. The third kappa shape index (κ3) is 4.00. The van der Waals surface area contributed by atoms with Crippen molar-refractivity contribution in [1.29, 1.82) is 0 Å². The zero-order valence-corrected chi connectivity index (χ0v) is 16.7. The quantitative estimate of drug-likeness (QED) is 0.594. The number of fused-ring (bicyclic) bond motifs is 1. The number of aromatic nitrogens is 1. The number of halogens is 2. The van der Waals surface area contributed by atoms with E-state index in [4.69, 9.17) is 32.7 Å². The number of rotatable bonds is 4. The molecule has 6 nitrogen and oxygen atoms in total. The molecule has 1 heterocycles. The van der Waals surface area contributed by atoms with Crippen LogP contribution in [0.3, 0.4) is 0 Å². The van der Waals surface area contributed by atoms with Gasteiger partial charge in [0, 0.05) is 5.02 Å². The molecule has 1 aromatic heterocycles. The standard InChI is InChI=1S/C18H14Cl2N2O4S/c1-25-13-6-4-3-5-11(13)17(24)21-18-22(9-15(23)26-2)16-12(20)7-10(19)8-14(16)27-18/h3-8H,9H2,1-2H3. The Kier molecular flexibility index (Phi) is 5.84. The maximum absolute atomic E-state index is 12.7. The van der Waals surface area contributed by atoms with E-state index in [2.05, 4.69) is 4.99 Å². The molecule has 0 unspecified atom stereocenters. The van der Waals surface area contributed by atoms with Gasteiger partial charge in [-0.25, -0.2) is 0 Å². The summed E-state index contributed by atoms with van der Waals surface area (Å²) in [4.78, 5) is 29.0. The molecule has 1 amide bonds. The first-order valence-electron chi connectivity index (χ1n) is 7.72. The Bertz CT molecular complexity index is 1100. The van der Waals surface area contributed by atoms with Crippen molar-refractivity contribution in [1.82, 2.24) is 4.57 Å². The second kappa shape index (κ2) is 8.12. The second-order valence-corrected chi connectivity index (χ2v) is 7.25. The minimum Gasteiger partial charge on any atom is -0.496 e. The van der Waals surface area contributed by atoms with Gasteiger partial charge in [0.15, 0.2) is 4.80 Å². The fourth-order valence-electron chi connectivity index (χ4n) is 2.52. The highest BCUT2D eigenvalue weighted by molar-refractivity contribution is 7.16. The Labute approximate surface area is 168 Å². The van der Waals surface area contributed by atoms with Crippen LogP contribution in [-0.4, -0.2) is 30.7 Å². The summed E-state index contributed by atoms with van der Waals surface area (Å²) < 4.78 is 12.2. The van der Waals surface area contributed by atoms with Gasteiger partial charge in [-0.3, -0.25) is 9.59 Å². The van der Waals surface area contributed by atoms with Gasteiger partial charge in [0.1, 0.15) is 12.3 Å². The lowest BCUT2D eigenvalue weighted by atomic mass is 10.2. The molecule has 27 heavy (non-hydrogen) atoms. The first kappa shape index (κ1) is 19.4. The first-order valence-corrected chi connectivity index (χ1v) is 9.29. The summed E-state index contributed by atoms with van der Waals surface area (Å²) in [6.07, 6.45) is 0.